The quantitative estimate of drug-likeness (QED) is 0.608. The van der Waals surface area contributed by atoms with Crippen molar-refractivity contribution in [3.8, 4) is 0 Å². The summed E-state index contributed by atoms with van der Waals surface area (Å²) in [5.74, 6) is -0.879. The molecule has 0 unspecified atom stereocenters. The highest BCUT2D eigenvalue weighted by molar-refractivity contribution is 5.95. The van der Waals surface area contributed by atoms with E-state index < -0.39 is 5.91 Å². The summed E-state index contributed by atoms with van der Waals surface area (Å²) in [5, 5.41) is 0. The maximum Gasteiger partial charge on any atom is 0.338 e. The summed E-state index contributed by atoms with van der Waals surface area (Å²) in [6, 6.07) is 6.10. The fourth-order valence-electron chi connectivity index (χ4n) is 1.16. The van der Waals surface area contributed by atoms with Crippen LogP contribution in [0.25, 0.3) is 0 Å². The minimum Gasteiger partial charge on any atom is -0.462 e. The lowest BCUT2D eigenvalue weighted by Gasteiger charge is -2.03. The minimum atomic E-state index is -0.508. The Morgan fingerprint density at radius 3 is 2.25 bits per heavy atom. The van der Waals surface area contributed by atoms with E-state index in [1.165, 1.54) is 24.3 Å². The molecule has 0 radical (unpaired) electrons. The van der Waals surface area contributed by atoms with Crippen LogP contribution in [0.15, 0.2) is 24.3 Å². The fraction of sp³-hybridized carbons (Fsp3) is 0.333. The van der Waals surface area contributed by atoms with Crippen LogP contribution in [0.4, 0.5) is 0 Å². The smallest absolute Gasteiger partial charge is 0.338 e. The molecule has 2 N–H and O–H groups in total. The monoisotopic (exact) mass is 221 g/mol. The molecule has 1 aromatic rings. The van der Waals surface area contributed by atoms with Crippen LogP contribution in [-0.2, 0) is 4.74 Å². The predicted octanol–water partition coefficient (Wildman–Crippen LogP) is 1.74. The molecular formula is C12H15NO3. The van der Waals surface area contributed by atoms with Gasteiger partial charge in [0.2, 0.25) is 5.91 Å². The summed E-state index contributed by atoms with van der Waals surface area (Å²) in [6.45, 7) is 2.45. The van der Waals surface area contributed by atoms with Crippen molar-refractivity contribution >= 4 is 11.9 Å². The van der Waals surface area contributed by atoms with Crippen molar-refractivity contribution in [3.05, 3.63) is 35.4 Å². The Balaban J connectivity index is 2.59. The summed E-state index contributed by atoms with van der Waals surface area (Å²) in [6.07, 6.45) is 1.83. The Kier molecular flexibility index (Phi) is 4.51. The summed E-state index contributed by atoms with van der Waals surface area (Å²) >= 11 is 0. The Hall–Kier alpha value is -1.84. The van der Waals surface area contributed by atoms with Gasteiger partial charge in [0.1, 0.15) is 0 Å². The molecule has 0 aromatic heterocycles. The first-order valence-electron chi connectivity index (χ1n) is 5.22. The third-order valence-corrected chi connectivity index (χ3v) is 2.14. The second kappa shape index (κ2) is 5.90. The standard InChI is InChI=1S/C12H15NO3/c1-2-3-8-16-12(15)10-6-4-9(5-7-10)11(13)14/h4-7H,2-3,8H2,1H3,(H2,13,14). The van der Waals surface area contributed by atoms with E-state index in [1.807, 2.05) is 6.92 Å². The molecule has 0 aliphatic carbocycles. The zero-order valence-corrected chi connectivity index (χ0v) is 9.23. The Morgan fingerprint density at radius 1 is 1.19 bits per heavy atom. The number of hydrogen-bond donors (Lipinski definition) is 1. The molecule has 0 atom stereocenters. The minimum absolute atomic E-state index is 0.371. The van der Waals surface area contributed by atoms with E-state index in [0.29, 0.717) is 17.7 Å². The van der Waals surface area contributed by atoms with Crippen molar-refractivity contribution in [1.29, 1.82) is 0 Å². The van der Waals surface area contributed by atoms with E-state index in [-0.39, 0.29) is 5.97 Å². The third kappa shape index (κ3) is 3.38. The van der Waals surface area contributed by atoms with Crippen LogP contribution in [-0.4, -0.2) is 18.5 Å². The Bertz CT molecular complexity index is 370. The first-order valence-corrected chi connectivity index (χ1v) is 5.22. The van der Waals surface area contributed by atoms with Gasteiger partial charge in [-0.15, -0.1) is 0 Å². The predicted molar refractivity (Wildman–Crippen MR) is 60.2 cm³/mol. The zero-order valence-electron chi connectivity index (χ0n) is 9.23. The molecule has 0 bridgehead atoms. The number of esters is 1. The van der Waals surface area contributed by atoms with E-state index >= 15 is 0 Å². The largest absolute Gasteiger partial charge is 0.462 e. The first kappa shape index (κ1) is 12.2. The van der Waals surface area contributed by atoms with E-state index in [2.05, 4.69) is 0 Å². The van der Waals surface area contributed by atoms with Crippen LogP contribution in [0.3, 0.4) is 0 Å². The highest BCUT2D eigenvalue weighted by Gasteiger charge is 2.07. The highest BCUT2D eigenvalue weighted by Crippen LogP contribution is 2.06. The molecule has 1 aromatic carbocycles. The maximum absolute atomic E-state index is 11.5. The molecule has 0 fully saturated rings. The summed E-state index contributed by atoms with van der Waals surface area (Å²) < 4.78 is 5.01. The van der Waals surface area contributed by atoms with Crippen molar-refractivity contribution in [2.75, 3.05) is 6.61 Å². The van der Waals surface area contributed by atoms with E-state index in [1.54, 1.807) is 0 Å². The highest BCUT2D eigenvalue weighted by atomic mass is 16.5. The zero-order chi connectivity index (χ0) is 12.0. The molecule has 0 heterocycles. The number of carbonyl (C=O) groups is 2. The molecule has 16 heavy (non-hydrogen) atoms. The summed E-state index contributed by atoms with van der Waals surface area (Å²) in [7, 11) is 0. The van der Waals surface area contributed by atoms with Crippen LogP contribution in [0.2, 0.25) is 0 Å². The normalized spacial score (nSPS) is 9.81. The molecule has 0 aliphatic rings. The van der Waals surface area contributed by atoms with E-state index in [4.69, 9.17) is 10.5 Å². The number of hydrogen-bond acceptors (Lipinski definition) is 3. The maximum atomic E-state index is 11.5. The van der Waals surface area contributed by atoms with Crippen LogP contribution in [0.5, 0.6) is 0 Å². The summed E-state index contributed by atoms with van der Waals surface area (Å²) in [5.41, 5.74) is 5.89. The number of amides is 1. The molecular weight excluding hydrogens is 206 g/mol. The molecule has 1 amide bonds. The van der Waals surface area contributed by atoms with Gasteiger partial charge < -0.3 is 10.5 Å². The van der Waals surface area contributed by atoms with Gasteiger partial charge in [0, 0.05) is 5.56 Å². The van der Waals surface area contributed by atoms with Gasteiger partial charge in [-0.05, 0) is 30.7 Å². The van der Waals surface area contributed by atoms with Crippen molar-refractivity contribution in [1.82, 2.24) is 0 Å². The molecule has 1 rings (SSSR count). The van der Waals surface area contributed by atoms with Gasteiger partial charge in [0.15, 0.2) is 0 Å². The van der Waals surface area contributed by atoms with E-state index in [0.717, 1.165) is 12.8 Å². The van der Waals surface area contributed by atoms with Gasteiger partial charge >= 0.3 is 5.97 Å². The SMILES string of the molecule is CCCCOC(=O)c1ccc(C(N)=O)cc1. The molecule has 0 saturated heterocycles. The van der Waals surface area contributed by atoms with Crippen molar-refractivity contribution in [2.24, 2.45) is 5.73 Å². The van der Waals surface area contributed by atoms with Gasteiger partial charge in [-0.25, -0.2) is 4.79 Å². The van der Waals surface area contributed by atoms with Crippen LogP contribution in [0, 0.1) is 0 Å². The van der Waals surface area contributed by atoms with Crippen molar-refractivity contribution in [2.45, 2.75) is 19.8 Å². The molecule has 4 heteroatoms. The lowest BCUT2D eigenvalue weighted by atomic mass is 10.1. The number of ether oxygens (including phenoxy) is 1. The van der Waals surface area contributed by atoms with Crippen LogP contribution in [0.1, 0.15) is 40.5 Å². The fourth-order valence-corrected chi connectivity index (χ4v) is 1.16. The molecule has 86 valence electrons. The van der Waals surface area contributed by atoms with Gasteiger partial charge in [-0.2, -0.15) is 0 Å². The number of carbonyl (C=O) groups excluding carboxylic acids is 2. The molecule has 4 nitrogen and oxygen atoms in total. The summed E-state index contributed by atoms with van der Waals surface area (Å²) in [4.78, 5) is 22.3. The van der Waals surface area contributed by atoms with Gasteiger partial charge in [-0.3, -0.25) is 4.79 Å². The van der Waals surface area contributed by atoms with Crippen LogP contribution >= 0.6 is 0 Å². The van der Waals surface area contributed by atoms with Crippen molar-refractivity contribution in [3.63, 3.8) is 0 Å². The van der Waals surface area contributed by atoms with Crippen molar-refractivity contribution < 1.29 is 14.3 Å². The van der Waals surface area contributed by atoms with Gasteiger partial charge in [0.25, 0.3) is 0 Å². The van der Waals surface area contributed by atoms with E-state index in [9.17, 15) is 9.59 Å². The van der Waals surface area contributed by atoms with Gasteiger partial charge in [0.05, 0.1) is 12.2 Å². The Labute approximate surface area is 94.4 Å². The second-order valence-electron chi connectivity index (χ2n) is 3.43. The van der Waals surface area contributed by atoms with Crippen LogP contribution < -0.4 is 5.73 Å². The third-order valence-electron chi connectivity index (χ3n) is 2.14. The molecule has 0 aliphatic heterocycles. The number of primary amides is 1. The second-order valence-corrected chi connectivity index (χ2v) is 3.43. The number of benzene rings is 1. The average molecular weight is 221 g/mol. The lowest BCUT2D eigenvalue weighted by molar-refractivity contribution is 0.0499. The van der Waals surface area contributed by atoms with Gasteiger partial charge in [-0.1, -0.05) is 13.3 Å². The number of nitrogens with two attached hydrogens (primary N) is 1. The average Bonchev–Trinajstić information content (AvgIpc) is 2.29. The first-order chi connectivity index (χ1) is 7.65. The lowest BCUT2D eigenvalue weighted by Crippen LogP contribution is -2.11. The topological polar surface area (TPSA) is 69.4 Å². The molecule has 0 spiro atoms. The number of unbranched alkanes of at least 4 members (excludes halogenated alkanes) is 1. The number of rotatable bonds is 5. The Morgan fingerprint density at radius 2 is 1.75 bits per heavy atom. The molecule has 0 saturated carbocycles.